The predicted molar refractivity (Wildman–Crippen MR) is 82.5 cm³/mol. The van der Waals surface area contributed by atoms with Crippen molar-refractivity contribution in [3.05, 3.63) is 0 Å². The van der Waals surface area contributed by atoms with Gasteiger partial charge >= 0.3 is 12.1 Å². The summed E-state index contributed by atoms with van der Waals surface area (Å²) in [6.45, 7) is 1.93. The smallest absolute Gasteiger partial charge is 0.409 e. The van der Waals surface area contributed by atoms with Crippen molar-refractivity contribution in [3.63, 3.8) is 0 Å². The van der Waals surface area contributed by atoms with Gasteiger partial charge in [-0.25, -0.2) is 4.79 Å². The van der Waals surface area contributed by atoms with Crippen molar-refractivity contribution in [3.8, 4) is 0 Å². The van der Waals surface area contributed by atoms with Crippen LogP contribution in [0.4, 0.5) is 4.79 Å². The van der Waals surface area contributed by atoms with E-state index >= 15 is 0 Å². The third-order valence-corrected chi connectivity index (χ3v) is 4.84. The lowest BCUT2D eigenvalue weighted by atomic mass is 9.88. The van der Waals surface area contributed by atoms with Gasteiger partial charge in [-0.1, -0.05) is 19.3 Å². The second-order valence-corrected chi connectivity index (χ2v) is 6.44. The number of carbonyl (C=O) groups is 2. The van der Waals surface area contributed by atoms with Crippen molar-refractivity contribution in [1.29, 1.82) is 0 Å². The molecule has 2 unspecified atom stereocenters. The van der Waals surface area contributed by atoms with Crippen molar-refractivity contribution in [2.75, 3.05) is 33.9 Å². The normalized spacial score (nSPS) is 26.5. The Bertz CT molecular complexity index is 358. The first kappa shape index (κ1) is 17.1. The van der Waals surface area contributed by atoms with Gasteiger partial charge in [-0.3, -0.25) is 4.79 Å². The van der Waals surface area contributed by atoms with E-state index < -0.39 is 0 Å². The number of hydrogen-bond acceptors (Lipinski definition) is 5. The fourth-order valence-electron chi connectivity index (χ4n) is 3.59. The van der Waals surface area contributed by atoms with Crippen molar-refractivity contribution >= 4 is 12.1 Å². The summed E-state index contributed by atoms with van der Waals surface area (Å²) in [7, 11) is 2.76. The molecule has 6 heteroatoms. The van der Waals surface area contributed by atoms with E-state index in [2.05, 4.69) is 5.32 Å². The van der Waals surface area contributed by atoms with Crippen molar-refractivity contribution < 1.29 is 19.1 Å². The third kappa shape index (κ3) is 4.60. The van der Waals surface area contributed by atoms with Crippen LogP contribution in [0.3, 0.4) is 0 Å². The van der Waals surface area contributed by atoms with Crippen LogP contribution in [0.5, 0.6) is 0 Å². The summed E-state index contributed by atoms with van der Waals surface area (Å²) in [5.74, 6) is 0.193. The first-order valence-electron chi connectivity index (χ1n) is 8.28. The summed E-state index contributed by atoms with van der Waals surface area (Å²) in [6, 6.07) is 0.124. The average molecular weight is 312 g/mol. The Labute approximate surface area is 132 Å². The summed E-state index contributed by atoms with van der Waals surface area (Å²) < 4.78 is 9.65. The summed E-state index contributed by atoms with van der Waals surface area (Å²) in [4.78, 5) is 25.2. The summed E-state index contributed by atoms with van der Waals surface area (Å²) in [5, 5.41) is 3.55. The van der Waals surface area contributed by atoms with E-state index in [4.69, 9.17) is 9.47 Å². The molecule has 126 valence electrons. The molecule has 2 aliphatic rings. The molecule has 1 aliphatic heterocycles. The molecule has 1 heterocycles. The summed E-state index contributed by atoms with van der Waals surface area (Å²) in [5.41, 5.74) is 0. The molecule has 22 heavy (non-hydrogen) atoms. The van der Waals surface area contributed by atoms with Gasteiger partial charge in [-0.05, 0) is 31.7 Å². The quantitative estimate of drug-likeness (QED) is 0.802. The van der Waals surface area contributed by atoms with Crippen LogP contribution in [0.2, 0.25) is 0 Å². The third-order valence-electron chi connectivity index (χ3n) is 4.84. The molecule has 0 bridgehead atoms. The summed E-state index contributed by atoms with van der Waals surface area (Å²) >= 11 is 0. The monoisotopic (exact) mass is 312 g/mol. The first-order chi connectivity index (χ1) is 10.6. The molecule has 2 atom stereocenters. The van der Waals surface area contributed by atoms with Crippen LogP contribution < -0.4 is 5.32 Å². The van der Waals surface area contributed by atoms with E-state index in [1.165, 1.54) is 46.3 Å². The van der Waals surface area contributed by atoms with Crippen LogP contribution in [0.1, 0.15) is 38.5 Å². The molecule has 2 rings (SSSR count). The van der Waals surface area contributed by atoms with Crippen LogP contribution in [0.15, 0.2) is 0 Å². The van der Waals surface area contributed by atoms with Gasteiger partial charge < -0.3 is 19.7 Å². The Morgan fingerprint density at radius 2 is 1.82 bits per heavy atom. The summed E-state index contributed by atoms with van der Waals surface area (Å²) in [6.07, 6.45) is 6.87. The number of rotatable bonds is 4. The topological polar surface area (TPSA) is 67.9 Å². The number of piperidine rings is 1. The molecule has 1 aliphatic carbocycles. The van der Waals surface area contributed by atoms with Gasteiger partial charge in [-0.2, -0.15) is 0 Å². The van der Waals surface area contributed by atoms with E-state index in [1.54, 1.807) is 4.90 Å². The average Bonchev–Trinajstić information content (AvgIpc) is 2.59. The molecular formula is C16H28N2O4. The highest BCUT2D eigenvalue weighted by Crippen LogP contribution is 2.24. The molecule has 0 aromatic heterocycles. The molecule has 2 fully saturated rings. The number of amides is 1. The lowest BCUT2D eigenvalue weighted by molar-refractivity contribution is -0.147. The minimum atomic E-state index is -0.377. The Balaban J connectivity index is 1.89. The van der Waals surface area contributed by atoms with Gasteiger partial charge in [0.1, 0.15) is 0 Å². The van der Waals surface area contributed by atoms with Crippen LogP contribution in [0.25, 0.3) is 0 Å². The van der Waals surface area contributed by atoms with Gasteiger partial charge in [0.15, 0.2) is 0 Å². The minimum Gasteiger partial charge on any atom is -0.469 e. The molecule has 6 nitrogen and oxygen atoms in total. The zero-order valence-electron chi connectivity index (χ0n) is 13.7. The molecular weight excluding hydrogens is 284 g/mol. The van der Waals surface area contributed by atoms with Crippen LogP contribution in [0, 0.1) is 11.8 Å². The molecule has 1 saturated heterocycles. The van der Waals surface area contributed by atoms with E-state index in [0.29, 0.717) is 19.5 Å². The van der Waals surface area contributed by atoms with Gasteiger partial charge in [0.05, 0.1) is 20.1 Å². The lowest BCUT2D eigenvalue weighted by Gasteiger charge is -2.37. The van der Waals surface area contributed by atoms with Gasteiger partial charge in [0.25, 0.3) is 0 Å². The highest BCUT2D eigenvalue weighted by atomic mass is 16.5. The van der Waals surface area contributed by atoms with E-state index in [-0.39, 0.29) is 24.0 Å². The van der Waals surface area contributed by atoms with Crippen LogP contribution in [-0.2, 0) is 14.3 Å². The Morgan fingerprint density at radius 1 is 1.09 bits per heavy atom. The van der Waals surface area contributed by atoms with Crippen LogP contribution >= 0.6 is 0 Å². The highest BCUT2D eigenvalue weighted by Gasteiger charge is 2.35. The molecule has 0 radical (unpaired) electrons. The van der Waals surface area contributed by atoms with Crippen molar-refractivity contribution in [2.24, 2.45) is 11.8 Å². The SMILES string of the molecule is COC(=O)C1CC(NCC2CCCCC2)CN(C(=O)OC)C1. The molecule has 0 spiro atoms. The number of nitrogens with zero attached hydrogens (tertiary/aromatic N) is 1. The maximum absolute atomic E-state index is 11.8. The number of hydrogen-bond donors (Lipinski definition) is 1. The van der Waals surface area contributed by atoms with Gasteiger partial charge in [0, 0.05) is 19.1 Å². The van der Waals surface area contributed by atoms with Crippen LogP contribution in [-0.4, -0.2) is 56.9 Å². The van der Waals surface area contributed by atoms with E-state index in [0.717, 1.165) is 12.5 Å². The number of carbonyl (C=O) groups excluding carboxylic acids is 2. The highest BCUT2D eigenvalue weighted by molar-refractivity contribution is 5.74. The number of esters is 1. The molecule has 1 amide bonds. The minimum absolute atomic E-state index is 0.124. The van der Waals surface area contributed by atoms with Gasteiger partial charge in [0.2, 0.25) is 0 Å². The van der Waals surface area contributed by atoms with E-state index in [9.17, 15) is 9.59 Å². The Kier molecular flexibility index (Phi) is 6.49. The standard InChI is InChI=1S/C16H28N2O4/c1-21-15(19)13-8-14(11-18(10-13)16(20)22-2)17-9-12-6-4-3-5-7-12/h12-14,17H,3-11H2,1-2H3. The largest absolute Gasteiger partial charge is 0.469 e. The first-order valence-corrected chi connectivity index (χ1v) is 8.28. The van der Waals surface area contributed by atoms with Crippen molar-refractivity contribution in [1.82, 2.24) is 10.2 Å². The second-order valence-electron chi connectivity index (χ2n) is 6.44. The lowest BCUT2D eigenvalue weighted by Crippen LogP contribution is -2.53. The number of likely N-dealkylation sites (tertiary alicyclic amines) is 1. The Morgan fingerprint density at radius 3 is 2.45 bits per heavy atom. The molecule has 0 aromatic rings. The zero-order chi connectivity index (χ0) is 15.9. The number of ether oxygens (including phenoxy) is 2. The molecule has 0 aromatic carbocycles. The Hall–Kier alpha value is -1.30. The maximum Gasteiger partial charge on any atom is 0.409 e. The van der Waals surface area contributed by atoms with Gasteiger partial charge in [-0.15, -0.1) is 0 Å². The molecule has 1 N–H and O–H groups in total. The number of methoxy groups -OCH3 is 2. The molecule has 1 saturated carbocycles. The van der Waals surface area contributed by atoms with E-state index in [1.807, 2.05) is 0 Å². The fourth-order valence-corrected chi connectivity index (χ4v) is 3.59. The predicted octanol–water partition coefficient (Wildman–Crippen LogP) is 1.79. The fraction of sp³-hybridized carbons (Fsp3) is 0.875. The maximum atomic E-state index is 11.8. The second kappa shape index (κ2) is 8.36. The van der Waals surface area contributed by atoms with Crippen molar-refractivity contribution in [2.45, 2.75) is 44.6 Å². The zero-order valence-corrected chi connectivity index (χ0v) is 13.7. The number of nitrogens with one attached hydrogen (secondary N) is 1.